The fourth-order valence-electron chi connectivity index (χ4n) is 1.21. The van der Waals surface area contributed by atoms with Crippen molar-refractivity contribution in [3.05, 3.63) is 0 Å². The largest absolute Gasteiger partial charge is 0.350 e. The Bertz CT molecular complexity index is 108. The minimum atomic E-state index is -0.219. The van der Waals surface area contributed by atoms with Gasteiger partial charge in [0.25, 0.3) is 0 Å². The molecule has 2 unspecified atom stereocenters. The number of ether oxygens (including phenoxy) is 2. The molecule has 66 valence electrons. The van der Waals surface area contributed by atoms with Crippen molar-refractivity contribution < 1.29 is 13.9 Å². The zero-order chi connectivity index (χ0) is 8.10. The predicted octanol–water partition coefficient (Wildman–Crippen LogP) is 1.89. The maximum Gasteiger partial charge on any atom is 0.155 e. The van der Waals surface area contributed by atoms with Crippen LogP contribution in [0.25, 0.3) is 0 Å². The van der Waals surface area contributed by atoms with Crippen molar-refractivity contribution >= 4 is 0 Å². The van der Waals surface area contributed by atoms with Crippen molar-refractivity contribution in [2.24, 2.45) is 0 Å². The van der Waals surface area contributed by atoms with Gasteiger partial charge in [0.15, 0.2) is 6.29 Å². The summed E-state index contributed by atoms with van der Waals surface area (Å²) in [4.78, 5) is 0. The summed E-state index contributed by atoms with van der Waals surface area (Å²) in [5, 5.41) is 0. The maximum absolute atomic E-state index is 11.7. The van der Waals surface area contributed by atoms with Crippen LogP contribution in [0, 0.1) is 0 Å². The van der Waals surface area contributed by atoms with E-state index in [-0.39, 0.29) is 19.1 Å². The lowest BCUT2D eigenvalue weighted by Gasteiger charge is -2.06. The van der Waals surface area contributed by atoms with Gasteiger partial charge in [0.05, 0.1) is 19.4 Å². The van der Waals surface area contributed by atoms with E-state index in [4.69, 9.17) is 9.47 Å². The van der Waals surface area contributed by atoms with Crippen LogP contribution < -0.4 is 0 Å². The van der Waals surface area contributed by atoms with Crippen LogP contribution in [0.15, 0.2) is 0 Å². The van der Waals surface area contributed by atoms with Gasteiger partial charge in [0, 0.05) is 0 Å². The summed E-state index contributed by atoms with van der Waals surface area (Å²) in [6, 6.07) is 0. The van der Waals surface area contributed by atoms with Gasteiger partial charge >= 0.3 is 0 Å². The third kappa shape index (κ3) is 3.16. The Morgan fingerprint density at radius 1 is 1.45 bits per heavy atom. The number of rotatable bonds is 4. The Kier molecular flexibility index (Phi) is 3.80. The van der Waals surface area contributed by atoms with Gasteiger partial charge in [0.2, 0.25) is 0 Å². The molecule has 2 atom stereocenters. The van der Waals surface area contributed by atoms with E-state index in [9.17, 15) is 4.39 Å². The summed E-state index contributed by atoms with van der Waals surface area (Å²) < 4.78 is 22.2. The van der Waals surface area contributed by atoms with E-state index in [0.717, 1.165) is 12.8 Å². The molecule has 0 aromatic carbocycles. The first kappa shape index (κ1) is 8.94. The van der Waals surface area contributed by atoms with Gasteiger partial charge in [-0.2, -0.15) is 0 Å². The van der Waals surface area contributed by atoms with E-state index in [1.54, 1.807) is 0 Å². The summed E-state index contributed by atoms with van der Waals surface area (Å²) >= 11 is 0. The first-order valence-electron chi connectivity index (χ1n) is 4.16. The Hall–Kier alpha value is -0.150. The Morgan fingerprint density at radius 3 is 2.82 bits per heavy atom. The molecule has 11 heavy (non-hydrogen) atoms. The zero-order valence-corrected chi connectivity index (χ0v) is 6.88. The van der Waals surface area contributed by atoms with Gasteiger partial charge in [-0.15, -0.1) is 0 Å². The molecule has 0 spiro atoms. The van der Waals surface area contributed by atoms with E-state index < -0.39 is 0 Å². The lowest BCUT2D eigenvalue weighted by atomic mass is 10.2. The van der Waals surface area contributed by atoms with Gasteiger partial charge < -0.3 is 9.47 Å². The predicted molar refractivity (Wildman–Crippen MR) is 40.1 cm³/mol. The van der Waals surface area contributed by atoms with E-state index in [1.807, 2.05) is 6.92 Å². The highest BCUT2D eigenvalue weighted by atomic mass is 19.1. The normalized spacial score (nSPS) is 31.1. The van der Waals surface area contributed by atoms with E-state index >= 15 is 0 Å². The molecule has 0 N–H and O–H groups in total. The Labute approximate surface area is 66.7 Å². The van der Waals surface area contributed by atoms with Crippen molar-refractivity contribution in [3.8, 4) is 0 Å². The lowest BCUT2D eigenvalue weighted by Crippen LogP contribution is -2.10. The average molecular weight is 162 g/mol. The molecule has 1 saturated heterocycles. The summed E-state index contributed by atoms with van der Waals surface area (Å²) in [7, 11) is 0. The fourth-order valence-corrected chi connectivity index (χ4v) is 1.21. The van der Waals surface area contributed by atoms with Crippen molar-refractivity contribution in [2.75, 3.05) is 13.3 Å². The quantitative estimate of drug-likeness (QED) is 0.588. The first-order chi connectivity index (χ1) is 5.33. The molecule has 1 aliphatic rings. The van der Waals surface area contributed by atoms with Crippen molar-refractivity contribution in [3.63, 3.8) is 0 Å². The molecular formula is C8H15FO2. The molecular weight excluding hydrogens is 147 g/mol. The molecule has 0 aliphatic carbocycles. The maximum atomic E-state index is 11.7. The summed E-state index contributed by atoms with van der Waals surface area (Å²) in [5.74, 6) is 0. The van der Waals surface area contributed by atoms with Gasteiger partial charge in [-0.25, -0.2) is 0 Å². The molecule has 1 fully saturated rings. The van der Waals surface area contributed by atoms with Gasteiger partial charge in [-0.05, 0) is 26.2 Å². The van der Waals surface area contributed by atoms with Gasteiger partial charge in [-0.1, -0.05) is 0 Å². The second kappa shape index (κ2) is 4.67. The van der Waals surface area contributed by atoms with E-state index in [1.165, 1.54) is 0 Å². The Balaban J connectivity index is 1.99. The molecule has 0 aromatic heterocycles. The van der Waals surface area contributed by atoms with E-state index in [2.05, 4.69) is 0 Å². The minimum absolute atomic E-state index is 0.0645. The zero-order valence-electron chi connectivity index (χ0n) is 6.88. The molecule has 0 saturated carbocycles. The third-order valence-corrected chi connectivity index (χ3v) is 1.81. The molecule has 0 aromatic rings. The molecule has 0 radical (unpaired) electrons. The fraction of sp³-hybridized carbons (Fsp3) is 1.00. The summed E-state index contributed by atoms with van der Waals surface area (Å²) in [6.45, 7) is 2.34. The second-order valence-corrected chi connectivity index (χ2v) is 2.84. The number of alkyl halides is 1. The standard InChI is InChI=1S/C8H15FO2/c1-7-10-6-8(11-7)4-2-3-5-9/h7-8H,2-6H2,1H3. The van der Waals surface area contributed by atoms with Crippen molar-refractivity contribution in [2.45, 2.75) is 38.6 Å². The summed E-state index contributed by atoms with van der Waals surface area (Å²) in [5.41, 5.74) is 0. The van der Waals surface area contributed by atoms with Crippen LogP contribution in [-0.4, -0.2) is 25.7 Å². The van der Waals surface area contributed by atoms with Crippen molar-refractivity contribution in [1.29, 1.82) is 0 Å². The molecule has 0 amide bonds. The van der Waals surface area contributed by atoms with E-state index in [0.29, 0.717) is 13.0 Å². The van der Waals surface area contributed by atoms with Crippen molar-refractivity contribution in [1.82, 2.24) is 0 Å². The van der Waals surface area contributed by atoms with Crippen LogP contribution in [0.2, 0.25) is 0 Å². The number of hydrogen-bond acceptors (Lipinski definition) is 2. The summed E-state index contributed by atoms with van der Waals surface area (Å²) in [6.07, 6.45) is 2.61. The van der Waals surface area contributed by atoms with Gasteiger partial charge in [-0.3, -0.25) is 4.39 Å². The molecule has 1 rings (SSSR count). The smallest absolute Gasteiger partial charge is 0.155 e. The SMILES string of the molecule is CC1OCC(CCCCF)O1. The van der Waals surface area contributed by atoms with Crippen LogP contribution >= 0.6 is 0 Å². The van der Waals surface area contributed by atoms with Gasteiger partial charge in [0.1, 0.15) is 0 Å². The molecule has 0 bridgehead atoms. The highest BCUT2D eigenvalue weighted by Gasteiger charge is 2.21. The lowest BCUT2D eigenvalue weighted by molar-refractivity contribution is -0.0434. The molecule has 1 aliphatic heterocycles. The molecule has 1 heterocycles. The highest BCUT2D eigenvalue weighted by Crippen LogP contribution is 2.15. The highest BCUT2D eigenvalue weighted by molar-refractivity contribution is 4.62. The minimum Gasteiger partial charge on any atom is -0.350 e. The third-order valence-electron chi connectivity index (χ3n) is 1.81. The Morgan fingerprint density at radius 2 is 2.27 bits per heavy atom. The topological polar surface area (TPSA) is 18.5 Å². The first-order valence-corrected chi connectivity index (χ1v) is 4.16. The van der Waals surface area contributed by atoms with Crippen LogP contribution in [0.1, 0.15) is 26.2 Å². The van der Waals surface area contributed by atoms with Crippen LogP contribution in [0.3, 0.4) is 0 Å². The van der Waals surface area contributed by atoms with Crippen LogP contribution in [-0.2, 0) is 9.47 Å². The molecule has 3 heteroatoms. The molecule has 2 nitrogen and oxygen atoms in total. The van der Waals surface area contributed by atoms with Crippen LogP contribution in [0.5, 0.6) is 0 Å². The second-order valence-electron chi connectivity index (χ2n) is 2.84. The van der Waals surface area contributed by atoms with Crippen LogP contribution in [0.4, 0.5) is 4.39 Å². The monoisotopic (exact) mass is 162 g/mol. The number of unbranched alkanes of at least 4 members (excludes halogenated alkanes) is 1. The number of hydrogen-bond donors (Lipinski definition) is 0. The average Bonchev–Trinajstić information content (AvgIpc) is 2.37. The number of halogens is 1.